The second-order valence-electron chi connectivity index (χ2n) is 9.99. The van der Waals surface area contributed by atoms with E-state index in [-0.39, 0.29) is 23.0 Å². The number of ether oxygens (including phenoxy) is 2. The second-order valence-corrected chi connectivity index (χ2v) is 12.6. The number of nitrogens with zero attached hydrogens (tertiary/aromatic N) is 3. The van der Waals surface area contributed by atoms with E-state index >= 15 is 0 Å². The molecule has 12 heteroatoms. The van der Waals surface area contributed by atoms with E-state index in [1.807, 2.05) is 43.3 Å². The number of carbonyl (C=O) groups is 1. The number of ketones is 1. The van der Waals surface area contributed by atoms with Gasteiger partial charge < -0.3 is 14.8 Å². The molecule has 2 heterocycles. The van der Waals surface area contributed by atoms with Gasteiger partial charge in [-0.15, -0.1) is 5.10 Å². The molecule has 1 N–H and O–H groups in total. The van der Waals surface area contributed by atoms with Crippen LogP contribution >= 0.6 is 50.9 Å². The Morgan fingerprint density at radius 1 is 1.12 bits per heavy atom. The minimum Gasteiger partial charge on any atom is -0.490 e. The van der Waals surface area contributed by atoms with Gasteiger partial charge in [-0.1, -0.05) is 59.2 Å². The van der Waals surface area contributed by atoms with E-state index in [4.69, 9.17) is 42.8 Å². The molecule has 0 radical (unpaired) electrons. The van der Waals surface area contributed by atoms with Crippen molar-refractivity contribution in [2.75, 3.05) is 11.9 Å². The highest BCUT2D eigenvalue weighted by atomic mass is 79.9. The summed E-state index contributed by atoms with van der Waals surface area (Å²) in [6, 6.07) is 15.4. The number of anilines is 1. The Hall–Kier alpha value is -3.05. The fourth-order valence-corrected chi connectivity index (χ4v) is 7.13. The number of Topliss-reactive ketones (excluding diaryl/α,β-unsaturated/α-hetero) is 1. The van der Waals surface area contributed by atoms with E-state index < -0.39 is 11.9 Å². The number of allylic oxidation sites excluding steroid dienone is 2. The van der Waals surface area contributed by atoms with Gasteiger partial charge in [0.1, 0.15) is 18.5 Å². The van der Waals surface area contributed by atoms with Crippen molar-refractivity contribution >= 4 is 62.6 Å². The van der Waals surface area contributed by atoms with Crippen molar-refractivity contribution in [3.05, 3.63) is 103 Å². The highest BCUT2D eigenvalue weighted by molar-refractivity contribution is 9.10. The predicted octanol–water partition coefficient (Wildman–Crippen LogP) is 8.78. The summed E-state index contributed by atoms with van der Waals surface area (Å²) in [4.78, 5) is 18.1. The van der Waals surface area contributed by atoms with Crippen LogP contribution in [0, 0.1) is 5.82 Å². The highest BCUT2D eigenvalue weighted by Gasteiger charge is 2.37. The number of rotatable bonds is 9. The van der Waals surface area contributed by atoms with Gasteiger partial charge in [-0.3, -0.25) is 4.79 Å². The third kappa shape index (κ3) is 6.16. The molecule has 3 aromatic carbocycles. The quantitative estimate of drug-likeness (QED) is 0.175. The predicted molar refractivity (Wildman–Crippen MR) is 170 cm³/mol. The molecule has 0 saturated carbocycles. The molecule has 0 fully saturated rings. The Balaban J connectivity index is 1.37. The van der Waals surface area contributed by atoms with Crippen LogP contribution in [0.1, 0.15) is 48.9 Å². The molecule has 43 heavy (non-hydrogen) atoms. The summed E-state index contributed by atoms with van der Waals surface area (Å²) in [5.74, 6) is 1.61. The molecule has 1 unspecified atom stereocenters. The molecule has 2 aliphatic rings. The molecule has 222 valence electrons. The van der Waals surface area contributed by atoms with Crippen LogP contribution in [0.5, 0.6) is 11.5 Å². The number of halogens is 4. The first kappa shape index (κ1) is 30.0. The second kappa shape index (κ2) is 12.9. The Labute approximate surface area is 270 Å². The van der Waals surface area contributed by atoms with E-state index in [0.717, 1.165) is 29.7 Å². The molecule has 0 amide bonds. The van der Waals surface area contributed by atoms with E-state index in [1.54, 1.807) is 16.8 Å². The summed E-state index contributed by atoms with van der Waals surface area (Å²) in [6.45, 7) is 2.14. The number of thioether (sulfide) groups is 1. The SMILES string of the molecule is CCOc1cc(C2C3=C(CCCC3=O)Nc3nc(SCc4ccccc4Cl)nn32)cc(Br)c1OCc1c(F)cccc1Cl. The Morgan fingerprint density at radius 3 is 2.72 bits per heavy atom. The summed E-state index contributed by atoms with van der Waals surface area (Å²) < 4.78 is 28.8. The first-order chi connectivity index (χ1) is 20.8. The number of fused-ring (bicyclic) bond motifs is 1. The smallest absolute Gasteiger partial charge is 0.227 e. The summed E-state index contributed by atoms with van der Waals surface area (Å²) in [5.41, 5.74) is 3.51. The average Bonchev–Trinajstić information content (AvgIpc) is 3.39. The van der Waals surface area contributed by atoms with Crippen molar-refractivity contribution < 1.29 is 18.7 Å². The molecular weight excluding hydrogens is 678 g/mol. The first-order valence-corrected chi connectivity index (χ1v) is 16.3. The van der Waals surface area contributed by atoms with Crippen LogP contribution in [-0.2, 0) is 17.2 Å². The maximum atomic E-state index is 14.4. The van der Waals surface area contributed by atoms with Crippen molar-refractivity contribution in [1.82, 2.24) is 14.8 Å². The van der Waals surface area contributed by atoms with Gasteiger partial charge in [0.25, 0.3) is 0 Å². The van der Waals surface area contributed by atoms with Gasteiger partial charge in [0.2, 0.25) is 11.1 Å². The highest BCUT2D eigenvalue weighted by Crippen LogP contribution is 2.45. The van der Waals surface area contributed by atoms with Crippen molar-refractivity contribution in [1.29, 1.82) is 0 Å². The molecular formula is C31H26BrCl2FN4O3S. The van der Waals surface area contributed by atoms with Crippen molar-refractivity contribution in [3.8, 4) is 11.5 Å². The van der Waals surface area contributed by atoms with E-state index in [2.05, 4.69) is 21.2 Å². The van der Waals surface area contributed by atoms with Gasteiger partial charge in [-0.25, -0.2) is 9.07 Å². The Morgan fingerprint density at radius 2 is 1.93 bits per heavy atom. The number of nitrogens with one attached hydrogen (secondary N) is 1. The van der Waals surface area contributed by atoms with Gasteiger partial charge in [0.15, 0.2) is 17.3 Å². The van der Waals surface area contributed by atoms with Crippen LogP contribution < -0.4 is 14.8 Å². The lowest BCUT2D eigenvalue weighted by molar-refractivity contribution is -0.116. The van der Waals surface area contributed by atoms with Crippen molar-refractivity contribution in [2.45, 2.75) is 49.7 Å². The van der Waals surface area contributed by atoms with Gasteiger partial charge >= 0.3 is 0 Å². The molecule has 0 saturated heterocycles. The molecule has 1 atom stereocenters. The largest absolute Gasteiger partial charge is 0.490 e. The minimum atomic E-state index is -0.535. The summed E-state index contributed by atoms with van der Waals surface area (Å²) in [5, 5.41) is 9.72. The third-order valence-electron chi connectivity index (χ3n) is 7.23. The zero-order chi connectivity index (χ0) is 30.1. The first-order valence-electron chi connectivity index (χ1n) is 13.7. The monoisotopic (exact) mass is 702 g/mol. The molecule has 7 nitrogen and oxygen atoms in total. The van der Waals surface area contributed by atoms with Gasteiger partial charge in [-0.05, 0) is 77.2 Å². The topological polar surface area (TPSA) is 78.3 Å². The van der Waals surface area contributed by atoms with Crippen LogP contribution in [0.3, 0.4) is 0 Å². The summed E-state index contributed by atoms with van der Waals surface area (Å²) >= 11 is 17.7. The zero-order valence-electron chi connectivity index (χ0n) is 23.0. The minimum absolute atomic E-state index is 0.0637. The molecule has 4 aromatic rings. The summed E-state index contributed by atoms with van der Waals surface area (Å²) in [7, 11) is 0. The number of carbonyl (C=O) groups excluding carboxylic acids is 1. The average molecular weight is 704 g/mol. The Kier molecular flexibility index (Phi) is 9.00. The van der Waals surface area contributed by atoms with Gasteiger partial charge in [0, 0.05) is 34.0 Å². The van der Waals surface area contributed by atoms with Crippen molar-refractivity contribution in [3.63, 3.8) is 0 Å². The van der Waals surface area contributed by atoms with Gasteiger partial charge in [-0.2, -0.15) is 4.98 Å². The lowest BCUT2D eigenvalue weighted by Gasteiger charge is -2.32. The van der Waals surface area contributed by atoms with E-state index in [1.165, 1.54) is 17.8 Å². The lowest BCUT2D eigenvalue weighted by Crippen LogP contribution is -2.31. The normalized spacial score (nSPS) is 16.0. The number of hydrogen-bond acceptors (Lipinski definition) is 7. The van der Waals surface area contributed by atoms with Crippen LogP contribution in [0.4, 0.5) is 10.3 Å². The lowest BCUT2D eigenvalue weighted by atomic mass is 9.85. The third-order valence-corrected chi connectivity index (χ3v) is 9.43. The van der Waals surface area contributed by atoms with Crippen molar-refractivity contribution in [2.24, 2.45) is 0 Å². The molecule has 1 aliphatic carbocycles. The fraction of sp³-hybridized carbons (Fsp3) is 0.258. The fourth-order valence-electron chi connectivity index (χ4n) is 5.23. The van der Waals surface area contributed by atoms with Crippen LogP contribution in [0.2, 0.25) is 10.0 Å². The van der Waals surface area contributed by atoms with Crippen LogP contribution in [0.25, 0.3) is 0 Å². The molecule has 0 bridgehead atoms. The molecule has 6 rings (SSSR count). The van der Waals surface area contributed by atoms with Gasteiger partial charge in [0.05, 0.1) is 16.1 Å². The zero-order valence-corrected chi connectivity index (χ0v) is 26.9. The number of hydrogen-bond donors (Lipinski definition) is 1. The van der Waals surface area contributed by atoms with E-state index in [9.17, 15) is 9.18 Å². The number of benzene rings is 3. The van der Waals surface area contributed by atoms with Crippen LogP contribution in [0.15, 0.2) is 75.5 Å². The molecule has 0 spiro atoms. The maximum Gasteiger partial charge on any atom is 0.227 e. The Bertz CT molecular complexity index is 1730. The molecule has 1 aliphatic heterocycles. The maximum absolute atomic E-state index is 14.4. The van der Waals surface area contributed by atoms with Crippen LogP contribution in [-0.4, -0.2) is 27.2 Å². The standard InChI is InChI=1S/C31H26BrCl2FN4O3S/c1-2-41-26-14-18(13-20(32)29(26)42-15-19-22(34)9-5-10-23(19)35)28-27-24(11-6-12-25(27)40)36-30-37-31(38-39(28)30)43-16-17-7-3-4-8-21(17)33/h3-5,7-10,13-14,28H,2,6,11-12,15-16H2,1H3,(H,36,37,38). The summed E-state index contributed by atoms with van der Waals surface area (Å²) in [6.07, 6.45) is 1.95. The van der Waals surface area contributed by atoms with E-state index in [0.29, 0.717) is 56.5 Å². The molecule has 1 aromatic heterocycles. The number of aromatic nitrogens is 3.